The third-order valence-electron chi connectivity index (χ3n) is 6.96. The Bertz CT molecular complexity index is 1180. The summed E-state index contributed by atoms with van der Waals surface area (Å²) >= 11 is 1.60. The molecule has 2 heterocycles. The van der Waals surface area contributed by atoms with Crippen LogP contribution in [0, 0.1) is 12.3 Å². The molecule has 0 atom stereocenters. The molecule has 0 amide bonds. The van der Waals surface area contributed by atoms with Crippen LogP contribution in [-0.4, -0.2) is 16.6 Å². The third-order valence-corrected chi connectivity index (χ3v) is 7.64. The molecule has 2 aromatic heterocycles. The van der Waals surface area contributed by atoms with Gasteiger partial charge in [-0.2, -0.15) is 11.3 Å². The summed E-state index contributed by atoms with van der Waals surface area (Å²) in [5.74, 6) is 0.379. The number of pyridine rings is 1. The predicted molar refractivity (Wildman–Crippen MR) is 130 cm³/mol. The number of hydrogen-bond acceptors (Lipinski definition) is 4. The molecule has 3 aromatic rings. The summed E-state index contributed by atoms with van der Waals surface area (Å²) < 4.78 is 0. The van der Waals surface area contributed by atoms with Gasteiger partial charge in [0.15, 0.2) is 11.6 Å². The molecule has 164 valence electrons. The monoisotopic (exact) mass is 443 g/mol. The molecule has 0 saturated heterocycles. The number of thiophene rings is 1. The fraction of sp³-hybridized carbons (Fsp3) is 0.393. The predicted octanol–water partition coefficient (Wildman–Crippen LogP) is 7.16. The number of aromatic nitrogens is 1. The molecule has 0 unspecified atom stereocenters. The number of carbonyl (C=O) groups is 2. The molecule has 0 spiro atoms. The van der Waals surface area contributed by atoms with Gasteiger partial charge in [-0.15, -0.1) is 0 Å². The molecule has 4 heteroatoms. The molecule has 5 rings (SSSR count). The van der Waals surface area contributed by atoms with Crippen molar-refractivity contribution >= 4 is 22.9 Å². The molecule has 32 heavy (non-hydrogen) atoms. The van der Waals surface area contributed by atoms with E-state index in [1.54, 1.807) is 11.3 Å². The summed E-state index contributed by atoms with van der Waals surface area (Å²) in [6.45, 7) is 6.30. The number of aryl methyl sites for hydroxylation is 1. The van der Waals surface area contributed by atoms with Crippen LogP contribution in [0.15, 0.2) is 41.1 Å². The maximum Gasteiger partial charge on any atom is 0.195 e. The highest BCUT2D eigenvalue weighted by atomic mass is 32.1. The van der Waals surface area contributed by atoms with Crippen LogP contribution in [0.4, 0.5) is 0 Å². The number of carbonyl (C=O) groups excluding carboxylic acids is 2. The first-order chi connectivity index (χ1) is 15.3. The summed E-state index contributed by atoms with van der Waals surface area (Å²) in [5.41, 5.74) is 6.60. The highest BCUT2D eigenvalue weighted by Gasteiger charge is 2.38. The van der Waals surface area contributed by atoms with Crippen molar-refractivity contribution in [2.45, 2.75) is 65.2 Å². The standard InChI is InChI=1S/C28H29NO2S/c1-17-8-10-19(11-9-17)27(31)25-23(20-12-13-32-16-20)24-21(14-28(2,3)15-22(24)30)29-26(25)18-6-4-5-7-18/h8-13,16,18H,4-7,14-15H2,1-3H3. The van der Waals surface area contributed by atoms with Gasteiger partial charge in [-0.3, -0.25) is 14.6 Å². The molecule has 1 aromatic carbocycles. The minimum atomic E-state index is -0.113. The lowest BCUT2D eigenvalue weighted by atomic mass is 9.72. The second-order valence-corrected chi connectivity index (χ2v) is 11.0. The quantitative estimate of drug-likeness (QED) is 0.402. The number of nitrogens with zero attached hydrogens (tertiary/aromatic N) is 1. The molecular formula is C28H29NO2S. The average Bonchev–Trinajstić information content (AvgIpc) is 3.46. The Labute approximate surface area is 193 Å². The first kappa shape index (κ1) is 21.3. The van der Waals surface area contributed by atoms with Crippen molar-refractivity contribution in [1.29, 1.82) is 0 Å². The zero-order chi connectivity index (χ0) is 22.5. The molecule has 1 fully saturated rings. The first-order valence-corrected chi connectivity index (χ1v) is 12.5. The molecule has 0 N–H and O–H groups in total. The van der Waals surface area contributed by atoms with E-state index in [9.17, 15) is 9.59 Å². The number of Topliss-reactive ketones (excluding diaryl/α,β-unsaturated/α-hetero) is 1. The molecule has 0 radical (unpaired) electrons. The van der Waals surface area contributed by atoms with E-state index in [1.807, 2.05) is 42.6 Å². The van der Waals surface area contributed by atoms with Gasteiger partial charge in [-0.05, 0) is 54.0 Å². The smallest absolute Gasteiger partial charge is 0.195 e. The Balaban J connectivity index is 1.82. The number of hydrogen-bond donors (Lipinski definition) is 0. The van der Waals surface area contributed by atoms with Crippen molar-refractivity contribution in [2.75, 3.05) is 0 Å². The minimum absolute atomic E-state index is 0.0129. The van der Waals surface area contributed by atoms with Crippen LogP contribution < -0.4 is 0 Å². The van der Waals surface area contributed by atoms with Gasteiger partial charge in [0.05, 0.1) is 17.0 Å². The van der Waals surface area contributed by atoms with Gasteiger partial charge in [0, 0.05) is 29.0 Å². The van der Waals surface area contributed by atoms with Crippen molar-refractivity contribution in [3.63, 3.8) is 0 Å². The topological polar surface area (TPSA) is 47.0 Å². The van der Waals surface area contributed by atoms with Crippen LogP contribution in [0.1, 0.15) is 95.1 Å². The van der Waals surface area contributed by atoms with Crippen molar-refractivity contribution in [1.82, 2.24) is 4.98 Å². The summed E-state index contributed by atoms with van der Waals surface area (Å²) in [6, 6.07) is 9.80. The van der Waals surface area contributed by atoms with Gasteiger partial charge in [0.1, 0.15) is 0 Å². The second kappa shape index (κ2) is 8.08. The Morgan fingerprint density at radius 1 is 1.03 bits per heavy atom. The number of fused-ring (bicyclic) bond motifs is 1. The maximum absolute atomic E-state index is 14.0. The normalized spacial score (nSPS) is 18.0. The van der Waals surface area contributed by atoms with E-state index in [0.29, 0.717) is 23.1 Å². The van der Waals surface area contributed by atoms with Crippen LogP contribution in [0.25, 0.3) is 11.1 Å². The van der Waals surface area contributed by atoms with Gasteiger partial charge < -0.3 is 0 Å². The average molecular weight is 444 g/mol. The van der Waals surface area contributed by atoms with E-state index in [0.717, 1.165) is 47.3 Å². The van der Waals surface area contributed by atoms with Crippen molar-refractivity contribution in [3.8, 4) is 11.1 Å². The van der Waals surface area contributed by atoms with Gasteiger partial charge >= 0.3 is 0 Å². The SMILES string of the molecule is Cc1ccc(C(=O)c2c(C3CCCC3)nc3c(c2-c2ccsc2)C(=O)CC(C)(C)C3)cc1. The van der Waals surface area contributed by atoms with E-state index in [2.05, 4.69) is 19.2 Å². The molecule has 0 aliphatic heterocycles. The Kier molecular flexibility index (Phi) is 5.37. The minimum Gasteiger partial charge on any atom is -0.294 e. The van der Waals surface area contributed by atoms with Gasteiger partial charge in [0.2, 0.25) is 0 Å². The van der Waals surface area contributed by atoms with E-state index < -0.39 is 0 Å². The fourth-order valence-electron chi connectivity index (χ4n) is 5.39. The van der Waals surface area contributed by atoms with Crippen LogP contribution in [0.2, 0.25) is 0 Å². The zero-order valence-corrected chi connectivity index (χ0v) is 19.8. The highest BCUT2D eigenvalue weighted by Crippen LogP contribution is 2.45. The van der Waals surface area contributed by atoms with Crippen molar-refractivity contribution < 1.29 is 9.59 Å². The summed E-state index contributed by atoms with van der Waals surface area (Å²) in [6.07, 6.45) is 5.70. The molecule has 3 nitrogen and oxygen atoms in total. The van der Waals surface area contributed by atoms with E-state index in [4.69, 9.17) is 4.98 Å². The Morgan fingerprint density at radius 2 is 1.75 bits per heavy atom. The molecule has 2 aliphatic rings. The van der Waals surface area contributed by atoms with Crippen molar-refractivity contribution in [3.05, 3.63) is 74.7 Å². The van der Waals surface area contributed by atoms with E-state index in [1.165, 1.54) is 12.8 Å². The lowest BCUT2D eigenvalue weighted by molar-refractivity contribution is 0.0911. The first-order valence-electron chi connectivity index (χ1n) is 11.6. The summed E-state index contributed by atoms with van der Waals surface area (Å²) in [4.78, 5) is 32.6. The Morgan fingerprint density at radius 3 is 2.41 bits per heavy atom. The van der Waals surface area contributed by atoms with Crippen LogP contribution in [0.5, 0.6) is 0 Å². The van der Waals surface area contributed by atoms with Crippen LogP contribution >= 0.6 is 11.3 Å². The number of rotatable bonds is 4. The number of benzene rings is 1. The van der Waals surface area contributed by atoms with E-state index in [-0.39, 0.29) is 22.9 Å². The second-order valence-electron chi connectivity index (χ2n) is 10.2. The Hall–Kier alpha value is -2.59. The molecule has 2 aliphatic carbocycles. The van der Waals surface area contributed by atoms with Crippen LogP contribution in [-0.2, 0) is 6.42 Å². The maximum atomic E-state index is 14.0. The van der Waals surface area contributed by atoms with Crippen molar-refractivity contribution in [2.24, 2.45) is 5.41 Å². The molecular weight excluding hydrogens is 414 g/mol. The molecule has 1 saturated carbocycles. The zero-order valence-electron chi connectivity index (χ0n) is 19.0. The lowest BCUT2D eigenvalue weighted by Gasteiger charge is -2.32. The van der Waals surface area contributed by atoms with Gasteiger partial charge in [-0.25, -0.2) is 0 Å². The molecule has 0 bridgehead atoms. The third kappa shape index (κ3) is 3.75. The summed E-state index contributed by atoms with van der Waals surface area (Å²) in [7, 11) is 0. The largest absolute Gasteiger partial charge is 0.294 e. The fourth-order valence-corrected chi connectivity index (χ4v) is 6.04. The van der Waals surface area contributed by atoms with Gasteiger partial charge in [0.25, 0.3) is 0 Å². The van der Waals surface area contributed by atoms with Gasteiger partial charge in [-0.1, -0.05) is 56.5 Å². The lowest BCUT2D eigenvalue weighted by Crippen LogP contribution is -2.30. The highest BCUT2D eigenvalue weighted by molar-refractivity contribution is 7.08. The summed E-state index contributed by atoms with van der Waals surface area (Å²) in [5, 5.41) is 4.09. The van der Waals surface area contributed by atoms with Crippen LogP contribution in [0.3, 0.4) is 0 Å². The number of ketones is 2. The van der Waals surface area contributed by atoms with E-state index >= 15 is 0 Å².